The zero-order chi connectivity index (χ0) is 18.4. The fraction of sp³-hybridized carbons (Fsp3) is 0.250. The molecule has 0 bridgehead atoms. The van der Waals surface area contributed by atoms with Crippen LogP contribution < -0.4 is 11.1 Å². The van der Waals surface area contributed by atoms with Crippen molar-refractivity contribution in [3.8, 4) is 11.3 Å². The number of nitrogen functional groups attached to an aromatic ring is 1. The first-order valence-corrected chi connectivity index (χ1v) is 7.92. The van der Waals surface area contributed by atoms with Gasteiger partial charge in [-0.25, -0.2) is 18.7 Å². The molecule has 0 unspecified atom stereocenters. The Morgan fingerprint density at radius 1 is 1.23 bits per heavy atom. The lowest BCUT2D eigenvalue weighted by atomic mass is 10.1. The van der Waals surface area contributed by atoms with Crippen molar-refractivity contribution in [2.24, 2.45) is 0 Å². The quantitative estimate of drug-likeness (QED) is 0.517. The lowest BCUT2D eigenvalue weighted by molar-refractivity contribution is 0.127. The van der Waals surface area contributed by atoms with Gasteiger partial charge in [0.15, 0.2) is 5.65 Å². The number of aromatic amines is 1. The SMILES string of the molecule is CNc1nc(N)nc2[nH]cc(-c3ccc4nc(C)n(CC(F)F)c4n3)c12. The molecule has 0 spiro atoms. The Labute approximate surface area is 146 Å². The van der Waals surface area contributed by atoms with Gasteiger partial charge in [-0.3, -0.25) is 0 Å². The molecule has 134 valence electrons. The van der Waals surface area contributed by atoms with Gasteiger partial charge >= 0.3 is 0 Å². The number of pyridine rings is 1. The number of nitrogens with two attached hydrogens (primary N) is 1. The van der Waals surface area contributed by atoms with E-state index in [1.165, 1.54) is 4.57 Å². The summed E-state index contributed by atoms with van der Waals surface area (Å²) in [4.78, 5) is 20.3. The van der Waals surface area contributed by atoms with E-state index in [4.69, 9.17) is 5.73 Å². The van der Waals surface area contributed by atoms with Gasteiger partial charge in [-0.2, -0.15) is 9.97 Å². The van der Waals surface area contributed by atoms with Crippen LogP contribution in [0, 0.1) is 6.92 Å². The van der Waals surface area contributed by atoms with Gasteiger partial charge in [-0.15, -0.1) is 0 Å². The number of nitrogens with zero attached hydrogens (tertiary/aromatic N) is 5. The summed E-state index contributed by atoms with van der Waals surface area (Å²) in [5.74, 6) is 1.20. The Kier molecular flexibility index (Phi) is 3.67. The maximum atomic E-state index is 12.9. The second kappa shape index (κ2) is 5.90. The molecule has 4 aromatic rings. The highest BCUT2D eigenvalue weighted by Crippen LogP contribution is 2.32. The standard InChI is InChI=1S/C16H16F2N8/c1-7-22-10-4-3-9(23-15(10)26(7)6-11(17)18)8-5-21-14-12(8)13(20-2)24-16(19)25-14/h3-5,11H,6H2,1-2H3,(H4,19,20,21,24,25). The number of aryl methyl sites for hydroxylation is 1. The smallest absolute Gasteiger partial charge is 0.256 e. The molecule has 4 heterocycles. The van der Waals surface area contributed by atoms with Crippen molar-refractivity contribution in [2.75, 3.05) is 18.1 Å². The van der Waals surface area contributed by atoms with Gasteiger partial charge in [0, 0.05) is 18.8 Å². The third-order valence-corrected chi connectivity index (χ3v) is 4.17. The summed E-state index contributed by atoms with van der Waals surface area (Å²) in [6, 6.07) is 3.56. The number of H-pyrrole nitrogens is 1. The fourth-order valence-electron chi connectivity index (χ4n) is 3.05. The predicted octanol–water partition coefficient (Wildman–Crippen LogP) is 2.57. The van der Waals surface area contributed by atoms with Crippen molar-refractivity contribution in [1.29, 1.82) is 0 Å². The largest absolute Gasteiger partial charge is 0.372 e. The van der Waals surface area contributed by atoms with Crippen LogP contribution >= 0.6 is 0 Å². The fourth-order valence-corrected chi connectivity index (χ4v) is 3.05. The predicted molar refractivity (Wildman–Crippen MR) is 95.1 cm³/mol. The summed E-state index contributed by atoms with van der Waals surface area (Å²) in [5.41, 5.74) is 8.61. The van der Waals surface area contributed by atoms with Crippen LogP contribution in [0.25, 0.3) is 33.5 Å². The van der Waals surface area contributed by atoms with E-state index in [0.29, 0.717) is 34.1 Å². The normalized spacial score (nSPS) is 11.7. The molecule has 26 heavy (non-hydrogen) atoms. The minimum atomic E-state index is -2.49. The van der Waals surface area contributed by atoms with Gasteiger partial charge < -0.3 is 20.6 Å². The molecule has 0 aliphatic heterocycles. The lowest BCUT2D eigenvalue weighted by Gasteiger charge is -2.07. The molecule has 4 rings (SSSR count). The van der Waals surface area contributed by atoms with Crippen LogP contribution in [0.15, 0.2) is 18.3 Å². The first-order valence-electron chi connectivity index (χ1n) is 7.92. The maximum absolute atomic E-state index is 12.9. The van der Waals surface area contributed by atoms with Crippen molar-refractivity contribution >= 4 is 34.0 Å². The van der Waals surface area contributed by atoms with Gasteiger partial charge in [-0.1, -0.05) is 0 Å². The second-order valence-corrected chi connectivity index (χ2v) is 5.81. The van der Waals surface area contributed by atoms with Gasteiger partial charge in [-0.05, 0) is 19.1 Å². The topological polar surface area (TPSA) is 110 Å². The molecule has 0 saturated carbocycles. The summed E-state index contributed by atoms with van der Waals surface area (Å²) in [6.07, 6.45) is -0.744. The first-order chi connectivity index (χ1) is 12.5. The van der Waals surface area contributed by atoms with Crippen LogP contribution in [0.2, 0.25) is 0 Å². The van der Waals surface area contributed by atoms with E-state index in [0.717, 1.165) is 10.9 Å². The summed E-state index contributed by atoms with van der Waals surface area (Å²) in [5, 5.41) is 3.72. The average Bonchev–Trinajstić information content (AvgIpc) is 3.15. The first kappa shape index (κ1) is 16.2. The van der Waals surface area contributed by atoms with Gasteiger partial charge in [0.05, 0.1) is 17.6 Å². The van der Waals surface area contributed by atoms with Crippen LogP contribution in [0.4, 0.5) is 20.5 Å². The number of hydrogen-bond acceptors (Lipinski definition) is 6. The van der Waals surface area contributed by atoms with Crippen molar-refractivity contribution in [2.45, 2.75) is 19.9 Å². The van der Waals surface area contributed by atoms with E-state index in [-0.39, 0.29) is 5.95 Å². The molecule has 0 aliphatic rings. The molecule has 0 atom stereocenters. The van der Waals surface area contributed by atoms with E-state index < -0.39 is 13.0 Å². The third-order valence-electron chi connectivity index (χ3n) is 4.17. The number of aromatic nitrogens is 6. The van der Waals surface area contributed by atoms with Crippen LogP contribution in [-0.2, 0) is 6.54 Å². The Bertz CT molecular complexity index is 1110. The summed E-state index contributed by atoms with van der Waals surface area (Å²) < 4.78 is 27.2. The number of halogens is 2. The van der Waals surface area contributed by atoms with Crippen LogP contribution in [0.5, 0.6) is 0 Å². The van der Waals surface area contributed by atoms with Crippen LogP contribution in [-0.4, -0.2) is 43.0 Å². The highest BCUT2D eigenvalue weighted by Gasteiger charge is 2.18. The Balaban J connectivity index is 1.93. The number of alkyl halides is 2. The Hall–Kier alpha value is -3.30. The van der Waals surface area contributed by atoms with Gasteiger partial charge in [0.1, 0.15) is 22.8 Å². The molecule has 8 nitrogen and oxygen atoms in total. The lowest BCUT2D eigenvalue weighted by Crippen LogP contribution is -2.09. The van der Waals surface area contributed by atoms with Crippen LogP contribution in [0.3, 0.4) is 0 Å². The number of nitrogens with one attached hydrogen (secondary N) is 2. The molecular formula is C16H16F2N8. The molecule has 10 heteroatoms. The number of rotatable bonds is 4. The van der Waals surface area contributed by atoms with E-state index in [2.05, 4.69) is 30.2 Å². The maximum Gasteiger partial charge on any atom is 0.256 e. The zero-order valence-electron chi connectivity index (χ0n) is 14.1. The summed E-state index contributed by atoms with van der Waals surface area (Å²) in [6.45, 7) is 1.24. The van der Waals surface area contributed by atoms with E-state index >= 15 is 0 Å². The number of fused-ring (bicyclic) bond motifs is 2. The van der Waals surface area contributed by atoms with E-state index in [9.17, 15) is 8.78 Å². The molecule has 4 N–H and O–H groups in total. The minimum absolute atomic E-state index is 0.143. The zero-order valence-corrected chi connectivity index (χ0v) is 14.1. The molecule has 0 radical (unpaired) electrons. The van der Waals surface area contributed by atoms with Crippen molar-refractivity contribution < 1.29 is 8.78 Å². The molecule has 0 aliphatic carbocycles. The Morgan fingerprint density at radius 2 is 2.04 bits per heavy atom. The van der Waals surface area contributed by atoms with Crippen molar-refractivity contribution in [3.63, 3.8) is 0 Å². The molecule has 0 fully saturated rings. The average molecular weight is 358 g/mol. The number of hydrogen-bond donors (Lipinski definition) is 3. The van der Waals surface area contributed by atoms with Crippen molar-refractivity contribution in [1.82, 2.24) is 29.5 Å². The number of anilines is 2. The highest BCUT2D eigenvalue weighted by molar-refractivity contribution is 6.01. The van der Waals surface area contributed by atoms with Crippen LogP contribution in [0.1, 0.15) is 5.82 Å². The number of imidazole rings is 1. The van der Waals surface area contributed by atoms with Gasteiger partial charge in [0.2, 0.25) is 5.95 Å². The highest BCUT2D eigenvalue weighted by atomic mass is 19.3. The van der Waals surface area contributed by atoms with Gasteiger partial charge in [0.25, 0.3) is 6.43 Å². The summed E-state index contributed by atoms with van der Waals surface area (Å²) >= 11 is 0. The minimum Gasteiger partial charge on any atom is -0.372 e. The molecular weight excluding hydrogens is 342 g/mol. The van der Waals surface area contributed by atoms with E-state index in [1.54, 1.807) is 32.3 Å². The summed E-state index contributed by atoms with van der Waals surface area (Å²) in [7, 11) is 1.73. The van der Waals surface area contributed by atoms with E-state index in [1.807, 2.05) is 0 Å². The third kappa shape index (κ3) is 2.50. The molecule has 4 aromatic heterocycles. The molecule has 0 aromatic carbocycles. The second-order valence-electron chi connectivity index (χ2n) is 5.81. The molecule has 0 amide bonds. The monoisotopic (exact) mass is 358 g/mol. The van der Waals surface area contributed by atoms with Crippen molar-refractivity contribution in [3.05, 3.63) is 24.2 Å². The Morgan fingerprint density at radius 3 is 2.77 bits per heavy atom. The molecule has 0 saturated heterocycles.